The van der Waals surface area contributed by atoms with Crippen LogP contribution in [0.1, 0.15) is 35.2 Å². The molecule has 1 fully saturated rings. The van der Waals surface area contributed by atoms with Crippen LogP contribution < -0.4 is 4.72 Å². The number of nitrogens with one attached hydrogen (secondary N) is 1. The molecule has 1 N–H and O–H groups in total. The number of carbonyl (C=O) groups is 1. The SMILES string of the molecule is CSc1ccccc1NS(=O)(=O)c1ccc(C)c(C(=O)N2CCCCC2)c1. The molecule has 5 nitrogen and oxygen atoms in total. The first kappa shape index (κ1) is 19.8. The molecule has 0 aromatic heterocycles. The van der Waals surface area contributed by atoms with Gasteiger partial charge in [-0.2, -0.15) is 0 Å². The van der Waals surface area contributed by atoms with E-state index in [2.05, 4.69) is 4.72 Å². The Balaban J connectivity index is 1.91. The zero-order chi connectivity index (χ0) is 19.4. The monoisotopic (exact) mass is 404 g/mol. The van der Waals surface area contributed by atoms with Crippen molar-refractivity contribution in [2.24, 2.45) is 0 Å². The van der Waals surface area contributed by atoms with E-state index in [1.807, 2.05) is 30.2 Å². The van der Waals surface area contributed by atoms with Gasteiger partial charge < -0.3 is 4.90 Å². The highest BCUT2D eigenvalue weighted by atomic mass is 32.2. The largest absolute Gasteiger partial charge is 0.339 e. The van der Waals surface area contributed by atoms with Crippen molar-refractivity contribution in [2.75, 3.05) is 24.1 Å². The van der Waals surface area contributed by atoms with E-state index in [4.69, 9.17) is 0 Å². The fourth-order valence-corrected chi connectivity index (χ4v) is 4.92. The lowest BCUT2D eigenvalue weighted by Gasteiger charge is -2.27. The number of hydrogen-bond acceptors (Lipinski definition) is 4. The Morgan fingerprint density at radius 1 is 1.07 bits per heavy atom. The van der Waals surface area contributed by atoms with Crippen LogP contribution in [0.15, 0.2) is 52.3 Å². The maximum absolute atomic E-state index is 12.9. The highest BCUT2D eigenvalue weighted by Gasteiger charge is 2.23. The zero-order valence-electron chi connectivity index (χ0n) is 15.6. The molecule has 144 valence electrons. The standard InChI is InChI=1S/C20H24N2O3S2/c1-15-10-11-16(14-17(15)20(23)22-12-6-3-7-13-22)27(24,25)21-18-8-4-5-9-19(18)26-2/h4-5,8-11,14,21H,3,6-7,12-13H2,1-2H3. The Morgan fingerprint density at radius 3 is 2.48 bits per heavy atom. The Labute approximate surface area is 165 Å². The van der Waals surface area contributed by atoms with Gasteiger partial charge in [0.25, 0.3) is 15.9 Å². The van der Waals surface area contributed by atoms with Gasteiger partial charge in [0.2, 0.25) is 0 Å². The number of rotatable bonds is 5. The van der Waals surface area contributed by atoms with E-state index in [9.17, 15) is 13.2 Å². The van der Waals surface area contributed by atoms with Crippen molar-refractivity contribution in [1.29, 1.82) is 0 Å². The number of carbonyl (C=O) groups excluding carboxylic acids is 1. The van der Waals surface area contributed by atoms with Gasteiger partial charge in [-0.25, -0.2) is 8.42 Å². The highest BCUT2D eigenvalue weighted by molar-refractivity contribution is 7.99. The molecule has 0 atom stereocenters. The number of likely N-dealkylation sites (tertiary alicyclic amines) is 1. The van der Waals surface area contributed by atoms with Crippen LogP contribution in [0.4, 0.5) is 5.69 Å². The smallest absolute Gasteiger partial charge is 0.261 e. The number of amides is 1. The summed E-state index contributed by atoms with van der Waals surface area (Å²) in [5.74, 6) is -0.0891. The van der Waals surface area contributed by atoms with E-state index in [-0.39, 0.29) is 10.8 Å². The number of anilines is 1. The molecule has 1 saturated heterocycles. The van der Waals surface area contributed by atoms with Crippen LogP contribution in [0.3, 0.4) is 0 Å². The van der Waals surface area contributed by atoms with Gasteiger partial charge in [0.15, 0.2) is 0 Å². The third kappa shape index (κ3) is 4.47. The summed E-state index contributed by atoms with van der Waals surface area (Å²) in [6, 6.07) is 12.0. The second-order valence-electron chi connectivity index (χ2n) is 6.64. The fourth-order valence-electron chi connectivity index (χ4n) is 3.20. The fraction of sp³-hybridized carbons (Fsp3) is 0.350. The van der Waals surface area contributed by atoms with Gasteiger partial charge in [-0.3, -0.25) is 9.52 Å². The number of hydrogen-bond donors (Lipinski definition) is 1. The third-order valence-corrected chi connectivity index (χ3v) is 6.90. The van der Waals surface area contributed by atoms with Gasteiger partial charge >= 0.3 is 0 Å². The Hall–Kier alpha value is -1.99. The summed E-state index contributed by atoms with van der Waals surface area (Å²) in [6.07, 6.45) is 5.02. The minimum absolute atomic E-state index is 0.0891. The molecule has 1 aliphatic heterocycles. The van der Waals surface area contributed by atoms with Crippen LogP contribution in [-0.2, 0) is 10.0 Å². The molecule has 0 saturated carbocycles. The van der Waals surface area contributed by atoms with E-state index in [1.165, 1.54) is 17.8 Å². The molecular formula is C20H24N2O3S2. The highest BCUT2D eigenvalue weighted by Crippen LogP contribution is 2.28. The van der Waals surface area contributed by atoms with E-state index in [1.54, 1.807) is 24.3 Å². The molecule has 0 aliphatic carbocycles. The van der Waals surface area contributed by atoms with Crippen LogP contribution in [0.5, 0.6) is 0 Å². The predicted octanol–water partition coefficient (Wildman–Crippen LogP) is 4.14. The molecule has 27 heavy (non-hydrogen) atoms. The summed E-state index contributed by atoms with van der Waals surface area (Å²) >= 11 is 1.47. The first-order valence-electron chi connectivity index (χ1n) is 8.98. The van der Waals surface area contributed by atoms with Crippen LogP contribution >= 0.6 is 11.8 Å². The lowest BCUT2D eigenvalue weighted by atomic mass is 10.1. The van der Waals surface area contributed by atoms with E-state index in [0.717, 1.165) is 42.8 Å². The molecular weight excluding hydrogens is 380 g/mol. The maximum Gasteiger partial charge on any atom is 0.261 e. The van der Waals surface area contributed by atoms with Gasteiger partial charge in [0.05, 0.1) is 10.6 Å². The molecule has 1 heterocycles. The van der Waals surface area contributed by atoms with Gasteiger partial charge in [-0.15, -0.1) is 11.8 Å². The summed E-state index contributed by atoms with van der Waals surface area (Å²) in [7, 11) is -3.78. The minimum Gasteiger partial charge on any atom is -0.339 e. The first-order chi connectivity index (χ1) is 12.9. The van der Waals surface area contributed by atoms with Crippen molar-refractivity contribution >= 4 is 33.4 Å². The van der Waals surface area contributed by atoms with Crippen LogP contribution in [0.25, 0.3) is 0 Å². The van der Waals surface area contributed by atoms with Crippen molar-refractivity contribution in [2.45, 2.75) is 36.0 Å². The molecule has 2 aromatic rings. The summed E-state index contributed by atoms with van der Waals surface area (Å²) in [4.78, 5) is 15.6. The lowest BCUT2D eigenvalue weighted by Crippen LogP contribution is -2.36. The van der Waals surface area contributed by atoms with Crippen LogP contribution in [0, 0.1) is 6.92 Å². The van der Waals surface area contributed by atoms with Gasteiger partial charge in [0.1, 0.15) is 0 Å². The quantitative estimate of drug-likeness (QED) is 0.761. The van der Waals surface area contributed by atoms with Crippen molar-refractivity contribution < 1.29 is 13.2 Å². The predicted molar refractivity (Wildman–Crippen MR) is 110 cm³/mol. The second kappa shape index (κ2) is 8.35. The Bertz CT molecular complexity index is 936. The van der Waals surface area contributed by atoms with E-state index < -0.39 is 10.0 Å². The molecule has 0 radical (unpaired) electrons. The molecule has 2 aromatic carbocycles. The van der Waals surface area contributed by atoms with Crippen molar-refractivity contribution in [3.05, 3.63) is 53.6 Å². The lowest BCUT2D eigenvalue weighted by molar-refractivity contribution is 0.0723. The third-order valence-electron chi connectivity index (χ3n) is 4.74. The number of nitrogens with zero attached hydrogens (tertiary/aromatic N) is 1. The number of aryl methyl sites for hydroxylation is 1. The van der Waals surface area contributed by atoms with Crippen molar-refractivity contribution in [3.8, 4) is 0 Å². The zero-order valence-corrected chi connectivity index (χ0v) is 17.2. The normalized spacial score (nSPS) is 14.8. The van der Waals surface area contributed by atoms with Crippen LogP contribution in [-0.4, -0.2) is 38.6 Å². The van der Waals surface area contributed by atoms with Gasteiger partial charge in [-0.1, -0.05) is 18.2 Å². The average Bonchev–Trinajstić information content (AvgIpc) is 2.68. The number of thioether (sulfide) groups is 1. The van der Waals surface area contributed by atoms with E-state index >= 15 is 0 Å². The van der Waals surface area contributed by atoms with Gasteiger partial charge in [0, 0.05) is 23.5 Å². The van der Waals surface area contributed by atoms with E-state index in [0.29, 0.717) is 11.3 Å². The number of sulfonamides is 1. The van der Waals surface area contributed by atoms with Gasteiger partial charge in [-0.05, 0) is 62.3 Å². The average molecular weight is 405 g/mol. The van der Waals surface area contributed by atoms with Crippen molar-refractivity contribution in [1.82, 2.24) is 4.90 Å². The number of piperidine rings is 1. The summed E-state index contributed by atoms with van der Waals surface area (Å²) in [5, 5.41) is 0. The molecule has 0 spiro atoms. The minimum atomic E-state index is -3.78. The van der Waals surface area contributed by atoms with Crippen molar-refractivity contribution in [3.63, 3.8) is 0 Å². The summed E-state index contributed by atoms with van der Waals surface area (Å²) in [6.45, 7) is 3.30. The molecule has 0 unspecified atom stereocenters. The number of benzene rings is 2. The second-order valence-corrected chi connectivity index (χ2v) is 9.17. The Kier molecular flexibility index (Phi) is 6.11. The molecule has 1 amide bonds. The summed E-state index contributed by atoms with van der Waals surface area (Å²) in [5.41, 5.74) is 1.78. The Morgan fingerprint density at radius 2 is 1.78 bits per heavy atom. The molecule has 3 rings (SSSR count). The topological polar surface area (TPSA) is 66.5 Å². The first-order valence-corrected chi connectivity index (χ1v) is 11.7. The number of para-hydroxylation sites is 1. The summed E-state index contributed by atoms with van der Waals surface area (Å²) < 4.78 is 28.4. The molecule has 7 heteroatoms. The maximum atomic E-state index is 12.9. The van der Waals surface area contributed by atoms with Crippen LogP contribution in [0.2, 0.25) is 0 Å². The molecule has 0 bridgehead atoms. The molecule has 1 aliphatic rings.